The summed E-state index contributed by atoms with van der Waals surface area (Å²) in [6, 6.07) is -0.911. The molecule has 0 aliphatic carbocycles. The minimum atomic E-state index is -4.61. The van der Waals surface area contributed by atoms with Gasteiger partial charge in [-0.3, -0.25) is 9.36 Å². The largest absolute Gasteiger partial charge is 0.756 e. The van der Waals surface area contributed by atoms with Crippen LogP contribution in [0.5, 0.6) is 0 Å². The summed E-state index contributed by atoms with van der Waals surface area (Å²) < 4.78 is 23.4. The Hall–Kier alpha value is -1.54. The second-order valence-corrected chi connectivity index (χ2v) is 23.4. The number of nitrogens with one attached hydrogen (secondary N) is 1. The summed E-state index contributed by atoms with van der Waals surface area (Å²) in [4.78, 5) is 25.5. The summed E-state index contributed by atoms with van der Waals surface area (Å²) in [5.74, 6) is -0.208. The molecular formula is C62H119N2O6P. The molecule has 0 fully saturated rings. The molecule has 3 unspecified atom stereocenters. The van der Waals surface area contributed by atoms with Crippen LogP contribution in [0, 0.1) is 0 Å². The van der Waals surface area contributed by atoms with Crippen LogP contribution in [0.3, 0.4) is 0 Å². The summed E-state index contributed by atoms with van der Waals surface area (Å²) >= 11 is 0. The van der Waals surface area contributed by atoms with Gasteiger partial charge < -0.3 is 28.8 Å². The van der Waals surface area contributed by atoms with Crippen molar-refractivity contribution in [2.75, 3.05) is 40.9 Å². The van der Waals surface area contributed by atoms with Crippen LogP contribution < -0.4 is 10.2 Å². The van der Waals surface area contributed by atoms with Gasteiger partial charge in [0.05, 0.1) is 39.9 Å². The minimum absolute atomic E-state index is 0.00892. The Morgan fingerprint density at radius 2 is 0.789 bits per heavy atom. The van der Waals surface area contributed by atoms with E-state index in [1.54, 1.807) is 6.08 Å². The highest BCUT2D eigenvalue weighted by Crippen LogP contribution is 2.38. The molecule has 0 saturated heterocycles. The molecule has 0 aliphatic heterocycles. The quantitative estimate of drug-likeness (QED) is 0.0272. The molecule has 0 radical (unpaired) electrons. The first-order chi connectivity index (χ1) is 34.5. The Bertz CT molecular complexity index is 1290. The number of likely N-dealkylation sites (N-methyl/N-ethyl adjacent to an activating group) is 1. The third kappa shape index (κ3) is 56.0. The predicted octanol–water partition coefficient (Wildman–Crippen LogP) is 18.1. The zero-order valence-electron chi connectivity index (χ0n) is 47.7. The maximum atomic E-state index is 13.0. The van der Waals surface area contributed by atoms with Crippen molar-refractivity contribution in [3.63, 3.8) is 0 Å². The van der Waals surface area contributed by atoms with Gasteiger partial charge in [-0.15, -0.1) is 0 Å². The van der Waals surface area contributed by atoms with E-state index in [2.05, 4.69) is 55.6 Å². The highest BCUT2D eigenvalue weighted by molar-refractivity contribution is 7.45. The number of phosphoric acid groups is 1. The van der Waals surface area contributed by atoms with Crippen LogP contribution in [0.4, 0.5) is 0 Å². The number of aliphatic hydroxyl groups excluding tert-OH is 1. The van der Waals surface area contributed by atoms with Gasteiger partial charge in [0.1, 0.15) is 13.2 Å². The second kappa shape index (κ2) is 53.3. The number of rotatable bonds is 56. The Labute approximate surface area is 441 Å². The molecular weight excluding hydrogens is 900 g/mol. The molecule has 0 aromatic rings. The first kappa shape index (κ1) is 69.5. The summed E-state index contributed by atoms with van der Waals surface area (Å²) in [6.07, 6.45) is 70.6. The number of aliphatic hydroxyl groups is 1. The van der Waals surface area contributed by atoms with E-state index in [1.165, 1.54) is 225 Å². The molecule has 418 valence electrons. The Morgan fingerprint density at radius 3 is 1.14 bits per heavy atom. The number of unbranched alkanes of at least 4 members (excludes halogenated alkanes) is 37. The van der Waals surface area contributed by atoms with Crippen molar-refractivity contribution in [1.82, 2.24) is 5.32 Å². The van der Waals surface area contributed by atoms with Gasteiger partial charge in [-0.2, -0.15) is 0 Å². The molecule has 0 rings (SSSR count). The van der Waals surface area contributed by atoms with Gasteiger partial charge in [0.2, 0.25) is 5.91 Å². The van der Waals surface area contributed by atoms with Crippen molar-refractivity contribution in [3.05, 3.63) is 48.6 Å². The highest BCUT2D eigenvalue weighted by atomic mass is 31.2. The summed E-state index contributed by atoms with van der Waals surface area (Å²) in [5, 5.41) is 13.9. The van der Waals surface area contributed by atoms with E-state index in [1.807, 2.05) is 27.2 Å². The number of quaternary nitrogens is 1. The lowest BCUT2D eigenvalue weighted by molar-refractivity contribution is -0.870. The fourth-order valence-corrected chi connectivity index (χ4v) is 9.67. The average Bonchev–Trinajstić information content (AvgIpc) is 3.33. The van der Waals surface area contributed by atoms with Gasteiger partial charge in [-0.05, 0) is 70.6 Å². The zero-order valence-corrected chi connectivity index (χ0v) is 48.6. The van der Waals surface area contributed by atoms with E-state index < -0.39 is 26.6 Å². The standard InChI is InChI=1S/C62H119N2O6P/c1-6-8-10-12-14-16-18-20-22-24-26-28-30-32-34-36-38-40-42-44-46-48-50-52-54-56-62(66)63-60(59-70-71(67,68)69-58-57-64(3,4)5)61(65)55-53-51-49-47-45-43-41-39-37-35-33-31-29-27-25-23-21-19-17-15-13-11-9-7-2/h24,26,37,39,45,47,53,55,60-61,65H,6-23,25,27-36,38,40-44,46,48-52,54,56-59H2,1-5H3,(H-,63,66,67,68)/b26-24-,39-37+,47-45+,55-53+. The number of amides is 1. The first-order valence-electron chi connectivity index (χ1n) is 30.5. The van der Waals surface area contributed by atoms with Crippen LogP contribution >= 0.6 is 7.82 Å². The molecule has 0 bridgehead atoms. The van der Waals surface area contributed by atoms with Gasteiger partial charge in [-0.1, -0.05) is 262 Å². The molecule has 8 nitrogen and oxygen atoms in total. The number of allylic oxidation sites excluding steroid dienone is 7. The Kier molecular flexibility index (Phi) is 52.1. The fourth-order valence-electron chi connectivity index (χ4n) is 8.95. The van der Waals surface area contributed by atoms with Crippen LogP contribution in [0.15, 0.2) is 48.6 Å². The van der Waals surface area contributed by atoms with E-state index in [0.717, 1.165) is 44.9 Å². The van der Waals surface area contributed by atoms with Crippen LogP contribution in [0.2, 0.25) is 0 Å². The highest BCUT2D eigenvalue weighted by Gasteiger charge is 2.23. The molecule has 0 heterocycles. The zero-order chi connectivity index (χ0) is 52.0. The molecule has 3 atom stereocenters. The summed E-state index contributed by atoms with van der Waals surface area (Å²) in [7, 11) is 1.24. The van der Waals surface area contributed by atoms with Crippen molar-refractivity contribution in [1.29, 1.82) is 0 Å². The number of carbonyl (C=O) groups excluding carboxylic acids is 1. The maximum Gasteiger partial charge on any atom is 0.268 e. The number of hydrogen-bond donors (Lipinski definition) is 2. The average molecular weight is 1020 g/mol. The van der Waals surface area contributed by atoms with Crippen LogP contribution in [0.25, 0.3) is 0 Å². The third-order valence-corrected chi connectivity index (χ3v) is 14.7. The normalized spacial score (nSPS) is 14.2. The topological polar surface area (TPSA) is 108 Å². The van der Waals surface area contributed by atoms with Crippen molar-refractivity contribution >= 4 is 13.7 Å². The van der Waals surface area contributed by atoms with Crippen molar-refractivity contribution in [3.8, 4) is 0 Å². The van der Waals surface area contributed by atoms with E-state index in [0.29, 0.717) is 17.4 Å². The molecule has 0 aromatic heterocycles. The van der Waals surface area contributed by atoms with Crippen LogP contribution in [-0.2, 0) is 18.4 Å². The lowest BCUT2D eigenvalue weighted by Crippen LogP contribution is -2.45. The van der Waals surface area contributed by atoms with Gasteiger partial charge in [0.15, 0.2) is 0 Å². The Balaban J connectivity index is 4.23. The fraction of sp³-hybridized carbons (Fsp3) is 0.855. The van der Waals surface area contributed by atoms with Gasteiger partial charge in [0.25, 0.3) is 7.82 Å². The van der Waals surface area contributed by atoms with E-state index in [4.69, 9.17) is 9.05 Å². The van der Waals surface area contributed by atoms with Gasteiger partial charge in [-0.25, -0.2) is 0 Å². The van der Waals surface area contributed by atoms with E-state index in [9.17, 15) is 19.4 Å². The predicted molar refractivity (Wildman–Crippen MR) is 307 cm³/mol. The molecule has 71 heavy (non-hydrogen) atoms. The lowest BCUT2D eigenvalue weighted by atomic mass is 10.0. The van der Waals surface area contributed by atoms with Gasteiger partial charge >= 0.3 is 0 Å². The first-order valence-corrected chi connectivity index (χ1v) is 32.0. The third-order valence-electron chi connectivity index (χ3n) is 13.7. The molecule has 0 spiro atoms. The number of hydrogen-bond acceptors (Lipinski definition) is 6. The molecule has 0 saturated carbocycles. The van der Waals surface area contributed by atoms with Crippen molar-refractivity contribution < 1.29 is 32.9 Å². The van der Waals surface area contributed by atoms with Crippen LogP contribution in [-0.4, -0.2) is 68.5 Å². The monoisotopic (exact) mass is 1020 g/mol. The van der Waals surface area contributed by atoms with Crippen LogP contribution in [0.1, 0.15) is 290 Å². The molecule has 1 amide bonds. The summed E-state index contributed by atoms with van der Waals surface area (Å²) in [5.41, 5.74) is 0. The minimum Gasteiger partial charge on any atom is -0.756 e. The van der Waals surface area contributed by atoms with Crippen molar-refractivity contribution in [2.24, 2.45) is 0 Å². The molecule has 2 N–H and O–H groups in total. The molecule has 0 aromatic carbocycles. The number of nitrogens with zero attached hydrogens (tertiary/aromatic N) is 1. The summed E-state index contributed by atoms with van der Waals surface area (Å²) in [6.45, 7) is 4.65. The molecule has 9 heteroatoms. The van der Waals surface area contributed by atoms with Gasteiger partial charge in [0, 0.05) is 6.42 Å². The van der Waals surface area contributed by atoms with E-state index >= 15 is 0 Å². The second-order valence-electron chi connectivity index (χ2n) is 22.0. The number of carbonyl (C=O) groups is 1. The Morgan fingerprint density at radius 1 is 0.479 bits per heavy atom. The smallest absolute Gasteiger partial charge is 0.268 e. The SMILES string of the molecule is CCCCCCCCCC/C=C\CCCCCCCCCCCCCCCC(=O)NC(COP(=O)([O-])OCC[N+](C)(C)C)C(O)/C=C/CC/C=C/CC/C=C/CCCCCCCCCCCCCCCC. The van der Waals surface area contributed by atoms with Crippen molar-refractivity contribution in [2.45, 2.75) is 302 Å². The van der Waals surface area contributed by atoms with E-state index in [-0.39, 0.29) is 12.5 Å². The maximum absolute atomic E-state index is 13.0. The molecule has 0 aliphatic rings. The number of phosphoric ester groups is 1. The lowest BCUT2D eigenvalue weighted by Gasteiger charge is -2.29.